The van der Waals surface area contributed by atoms with E-state index >= 15 is 0 Å². The molecule has 1 aromatic rings. The summed E-state index contributed by atoms with van der Waals surface area (Å²) in [6, 6.07) is 7.83. The fourth-order valence-electron chi connectivity index (χ4n) is 4.26. The van der Waals surface area contributed by atoms with Crippen LogP contribution in [0.3, 0.4) is 0 Å². The Bertz CT molecular complexity index is 611. The zero-order valence-corrected chi connectivity index (χ0v) is 20.3. The number of nitrogens with one attached hydrogen (secondary N) is 2. The van der Waals surface area contributed by atoms with Crippen molar-refractivity contribution in [3.8, 4) is 0 Å². The molecule has 2 N–H and O–H groups in total. The molecular formula is C26H44N4O2. The molecule has 180 valence electrons. The van der Waals surface area contributed by atoms with Gasteiger partial charge in [-0.05, 0) is 82.5 Å². The maximum absolute atomic E-state index is 12.2. The molecule has 0 radical (unpaired) electrons. The molecule has 0 saturated carbocycles. The van der Waals surface area contributed by atoms with Crippen molar-refractivity contribution in [3.05, 3.63) is 35.4 Å². The zero-order chi connectivity index (χ0) is 23.0. The molecule has 2 amide bonds. The zero-order valence-electron chi connectivity index (χ0n) is 20.3. The van der Waals surface area contributed by atoms with Gasteiger partial charge in [-0.15, -0.1) is 0 Å². The van der Waals surface area contributed by atoms with Crippen LogP contribution in [0.25, 0.3) is 0 Å². The summed E-state index contributed by atoms with van der Waals surface area (Å²) in [5.74, 6) is 0.126. The predicted molar refractivity (Wildman–Crippen MR) is 132 cm³/mol. The van der Waals surface area contributed by atoms with Gasteiger partial charge in [0.15, 0.2) is 0 Å². The molecule has 6 heteroatoms. The minimum Gasteiger partial charge on any atom is -0.356 e. The van der Waals surface area contributed by atoms with Gasteiger partial charge in [0.25, 0.3) is 0 Å². The Labute approximate surface area is 195 Å². The summed E-state index contributed by atoms with van der Waals surface area (Å²) in [6.07, 6.45) is 7.89. The molecule has 32 heavy (non-hydrogen) atoms. The van der Waals surface area contributed by atoms with E-state index in [1.165, 1.54) is 32.4 Å². The topological polar surface area (TPSA) is 64.7 Å². The third-order valence-corrected chi connectivity index (χ3v) is 6.13. The number of nitrogens with zero attached hydrogens (tertiary/aromatic N) is 2. The number of hydrogen-bond acceptors (Lipinski definition) is 4. The molecule has 0 aromatic heterocycles. The van der Waals surface area contributed by atoms with Crippen molar-refractivity contribution in [3.63, 3.8) is 0 Å². The molecule has 2 rings (SSSR count). The number of amides is 2. The Morgan fingerprint density at radius 1 is 0.844 bits per heavy atom. The Balaban J connectivity index is 1.58. The summed E-state index contributed by atoms with van der Waals surface area (Å²) in [5.41, 5.74) is 1.97. The number of carbonyl (C=O) groups is 2. The molecule has 1 heterocycles. The molecule has 0 unspecified atom stereocenters. The van der Waals surface area contributed by atoms with E-state index in [0.29, 0.717) is 12.8 Å². The van der Waals surface area contributed by atoms with Crippen molar-refractivity contribution in [2.24, 2.45) is 0 Å². The highest BCUT2D eigenvalue weighted by Crippen LogP contribution is 2.09. The third-order valence-electron chi connectivity index (χ3n) is 6.13. The van der Waals surface area contributed by atoms with Gasteiger partial charge in [-0.25, -0.2) is 0 Å². The average molecular weight is 445 g/mol. The smallest absolute Gasteiger partial charge is 0.224 e. The lowest BCUT2D eigenvalue weighted by Gasteiger charge is -2.26. The quantitative estimate of drug-likeness (QED) is 0.408. The van der Waals surface area contributed by atoms with E-state index in [1.54, 1.807) is 0 Å². The van der Waals surface area contributed by atoms with E-state index in [9.17, 15) is 9.59 Å². The molecule has 1 saturated heterocycles. The third kappa shape index (κ3) is 11.1. The van der Waals surface area contributed by atoms with Crippen LogP contribution in [0, 0.1) is 0 Å². The summed E-state index contributed by atoms with van der Waals surface area (Å²) in [4.78, 5) is 29.3. The number of carbonyl (C=O) groups excluding carboxylic acids is 2. The Morgan fingerprint density at radius 2 is 1.41 bits per heavy atom. The van der Waals surface area contributed by atoms with Gasteiger partial charge < -0.3 is 20.4 Å². The Hall–Kier alpha value is -1.92. The van der Waals surface area contributed by atoms with Crippen molar-refractivity contribution in [2.45, 2.75) is 65.2 Å². The first-order valence-electron chi connectivity index (χ1n) is 12.7. The van der Waals surface area contributed by atoms with E-state index in [2.05, 4.69) is 34.3 Å². The lowest BCUT2D eigenvalue weighted by molar-refractivity contribution is -0.121. The van der Waals surface area contributed by atoms with Crippen LogP contribution in [0.5, 0.6) is 0 Å². The second-order valence-electron chi connectivity index (χ2n) is 8.91. The number of benzene rings is 1. The molecule has 1 aliphatic rings. The minimum atomic E-state index is 0.0581. The van der Waals surface area contributed by atoms with Crippen LogP contribution < -0.4 is 10.6 Å². The molecule has 0 spiro atoms. The maximum atomic E-state index is 12.2. The van der Waals surface area contributed by atoms with Crippen LogP contribution in [0.15, 0.2) is 24.3 Å². The number of likely N-dealkylation sites (tertiary alicyclic amines) is 1. The average Bonchev–Trinajstić information content (AvgIpc) is 2.81. The van der Waals surface area contributed by atoms with Gasteiger partial charge in [-0.3, -0.25) is 9.59 Å². The highest BCUT2D eigenvalue weighted by Gasteiger charge is 2.10. The normalized spacial score (nSPS) is 14.5. The Morgan fingerprint density at radius 3 is 1.94 bits per heavy atom. The van der Waals surface area contributed by atoms with Crippen molar-refractivity contribution in [1.29, 1.82) is 0 Å². The summed E-state index contributed by atoms with van der Waals surface area (Å²) < 4.78 is 0. The number of piperidine rings is 1. The van der Waals surface area contributed by atoms with Gasteiger partial charge in [0.2, 0.25) is 11.8 Å². The van der Waals surface area contributed by atoms with E-state index in [4.69, 9.17) is 0 Å². The summed E-state index contributed by atoms with van der Waals surface area (Å²) >= 11 is 0. The second-order valence-corrected chi connectivity index (χ2v) is 8.91. The van der Waals surface area contributed by atoms with Crippen molar-refractivity contribution in [1.82, 2.24) is 20.4 Å². The summed E-state index contributed by atoms with van der Waals surface area (Å²) in [6.45, 7) is 12.5. The second kappa shape index (κ2) is 15.8. The molecule has 1 aliphatic heterocycles. The maximum Gasteiger partial charge on any atom is 0.224 e. The lowest BCUT2D eigenvalue weighted by atomic mass is 10.1. The van der Waals surface area contributed by atoms with E-state index in [0.717, 1.165) is 69.7 Å². The van der Waals surface area contributed by atoms with E-state index in [1.807, 2.05) is 24.3 Å². The monoisotopic (exact) mass is 444 g/mol. The molecule has 1 fully saturated rings. The van der Waals surface area contributed by atoms with Crippen LogP contribution in [-0.2, 0) is 22.4 Å². The van der Waals surface area contributed by atoms with Gasteiger partial charge in [0, 0.05) is 13.1 Å². The van der Waals surface area contributed by atoms with Crippen LogP contribution >= 0.6 is 0 Å². The van der Waals surface area contributed by atoms with Gasteiger partial charge in [0.1, 0.15) is 0 Å². The Kier molecular flexibility index (Phi) is 13.0. The van der Waals surface area contributed by atoms with Crippen molar-refractivity contribution >= 4 is 11.8 Å². The van der Waals surface area contributed by atoms with Crippen LogP contribution in [0.2, 0.25) is 0 Å². The largest absolute Gasteiger partial charge is 0.356 e. The number of hydrogen-bond donors (Lipinski definition) is 2. The van der Waals surface area contributed by atoms with Gasteiger partial charge >= 0.3 is 0 Å². The standard InChI is InChI=1S/C26H44N4O2/c1-3-16-29(4-2)19-8-14-27-25(31)21-23-10-12-24(13-11-23)22-26(32)28-15-9-20-30-17-6-5-7-18-30/h10-13H,3-9,14-22H2,1-2H3,(H,27,31)(H,28,32). The van der Waals surface area contributed by atoms with Crippen LogP contribution in [0.1, 0.15) is 63.5 Å². The SMILES string of the molecule is CCCN(CC)CCCNC(=O)Cc1ccc(CC(=O)NCCCN2CCCCC2)cc1. The fraction of sp³-hybridized carbons (Fsp3) is 0.692. The summed E-state index contributed by atoms with van der Waals surface area (Å²) in [5, 5.41) is 6.05. The fourth-order valence-corrected chi connectivity index (χ4v) is 4.26. The van der Waals surface area contributed by atoms with Crippen LogP contribution in [0.4, 0.5) is 0 Å². The van der Waals surface area contributed by atoms with Gasteiger partial charge in [-0.1, -0.05) is 44.5 Å². The first-order valence-corrected chi connectivity index (χ1v) is 12.7. The molecule has 6 nitrogen and oxygen atoms in total. The van der Waals surface area contributed by atoms with Crippen molar-refractivity contribution in [2.75, 3.05) is 52.4 Å². The van der Waals surface area contributed by atoms with Gasteiger partial charge in [0.05, 0.1) is 12.8 Å². The van der Waals surface area contributed by atoms with E-state index in [-0.39, 0.29) is 11.8 Å². The minimum absolute atomic E-state index is 0.0581. The van der Waals surface area contributed by atoms with Gasteiger partial charge in [-0.2, -0.15) is 0 Å². The summed E-state index contributed by atoms with van der Waals surface area (Å²) in [7, 11) is 0. The first-order chi connectivity index (χ1) is 15.6. The van der Waals surface area contributed by atoms with Crippen LogP contribution in [-0.4, -0.2) is 74.0 Å². The lowest BCUT2D eigenvalue weighted by Crippen LogP contribution is -2.33. The molecule has 0 bridgehead atoms. The van der Waals surface area contributed by atoms with Crippen molar-refractivity contribution < 1.29 is 9.59 Å². The molecule has 0 aliphatic carbocycles. The molecule has 0 atom stereocenters. The predicted octanol–water partition coefficient (Wildman–Crippen LogP) is 3.00. The van der Waals surface area contributed by atoms with E-state index < -0.39 is 0 Å². The molecule has 1 aromatic carbocycles. The highest BCUT2D eigenvalue weighted by atomic mass is 16.2. The number of rotatable bonds is 15. The molecular weight excluding hydrogens is 400 g/mol. The highest BCUT2D eigenvalue weighted by molar-refractivity contribution is 5.79. The first kappa shape index (κ1) is 26.3.